The van der Waals surface area contributed by atoms with E-state index in [0.29, 0.717) is 25.9 Å². The zero-order valence-electron chi connectivity index (χ0n) is 8.18. The minimum absolute atomic E-state index is 0.0273. The maximum absolute atomic E-state index is 13.7. The van der Waals surface area contributed by atoms with E-state index in [1.807, 2.05) is 0 Å². The predicted molar refractivity (Wildman–Crippen MR) is 47.2 cm³/mol. The first-order valence-electron chi connectivity index (χ1n) is 4.51. The summed E-state index contributed by atoms with van der Waals surface area (Å²) in [7, 11) is 1.50. The van der Waals surface area contributed by atoms with Gasteiger partial charge in [-0.1, -0.05) is 0 Å². The minimum Gasteiger partial charge on any atom is -0.381 e. The van der Waals surface area contributed by atoms with Gasteiger partial charge in [-0.2, -0.15) is 0 Å². The Hall–Kier alpha value is -0.640. The van der Waals surface area contributed by atoms with E-state index in [2.05, 4.69) is 0 Å². The molecule has 0 bridgehead atoms. The molecule has 1 aliphatic heterocycles. The maximum Gasteiger partial charge on any atom is 0.219 e. The van der Waals surface area contributed by atoms with Crippen LogP contribution < -0.4 is 0 Å². The standard InChI is InChI=1S/C9H16FNO2/c1-8(12)11-5-3-9(10,4-6-11)7-13-2/h3-7H2,1-2H3. The molecule has 4 heteroatoms. The monoisotopic (exact) mass is 189 g/mol. The number of likely N-dealkylation sites (tertiary alicyclic amines) is 1. The molecule has 0 spiro atoms. The first-order chi connectivity index (χ1) is 6.07. The Morgan fingerprint density at radius 2 is 2.08 bits per heavy atom. The van der Waals surface area contributed by atoms with Gasteiger partial charge in [0.05, 0.1) is 6.61 Å². The lowest BCUT2D eigenvalue weighted by molar-refractivity contribution is -0.132. The Balaban J connectivity index is 2.41. The fraction of sp³-hybridized carbons (Fsp3) is 0.889. The van der Waals surface area contributed by atoms with Crippen LogP contribution in [0.15, 0.2) is 0 Å². The molecule has 1 aliphatic rings. The van der Waals surface area contributed by atoms with Gasteiger partial charge in [0.1, 0.15) is 5.67 Å². The molecule has 0 aliphatic carbocycles. The molecular formula is C9H16FNO2. The molecule has 0 N–H and O–H groups in total. The summed E-state index contributed by atoms with van der Waals surface area (Å²) in [4.78, 5) is 12.6. The number of hydrogen-bond acceptors (Lipinski definition) is 2. The largest absolute Gasteiger partial charge is 0.381 e. The normalized spacial score (nSPS) is 21.6. The number of piperidine rings is 1. The van der Waals surface area contributed by atoms with Crippen LogP contribution in [0.4, 0.5) is 4.39 Å². The number of nitrogens with zero attached hydrogens (tertiary/aromatic N) is 1. The highest BCUT2D eigenvalue weighted by Crippen LogP contribution is 2.26. The Morgan fingerprint density at radius 1 is 1.54 bits per heavy atom. The molecule has 13 heavy (non-hydrogen) atoms. The summed E-state index contributed by atoms with van der Waals surface area (Å²) in [6.07, 6.45) is 0.779. The zero-order chi connectivity index (χ0) is 9.90. The third-order valence-corrected chi connectivity index (χ3v) is 2.51. The zero-order valence-corrected chi connectivity index (χ0v) is 8.18. The maximum atomic E-state index is 13.7. The number of rotatable bonds is 2. The molecule has 0 radical (unpaired) electrons. The van der Waals surface area contributed by atoms with Crippen LogP contribution in [0.2, 0.25) is 0 Å². The average molecular weight is 189 g/mol. The van der Waals surface area contributed by atoms with Crippen molar-refractivity contribution in [2.45, 2.75) is 25.4 Å². The highest BCUT2D eigenvalue weighted by atomic mass is 19.1. The Kier molecular flexibility index (Phi) is 3.25. The van der Waals surface area contributed by atoms with Crippen molar-refractivity contribution in [1.82, 2.24) is 4.90 Å². The molecule has 0 aromatic heterocycles. The van der Waals surface area contributed by atoms with Crippen LogP contribution in [0.1, 0.15) is 19.8 Å². The van der Waals surface area contributed by atoms with Crippen LogP contribution in [0.25, 0.3) is 0 Å². The van der Waals surface area contributed by atoms with Crippen LogP contribution in [0.5, 0.6) is 0 Å². The van der Waals surface area contributed by atoms with Gasteiger partial charge in [-0.15, -0.1) is 0 Å². The molecule has 0 unspecified atom stereocenters. The topological polar surface area (TPSA) is 29.5 Å². The number of carbonyl (C=O) groups is 1. The van der Waals surface area contributed by atoms with Crippen LogP contribution >= 0.6 is 0 Å². The molecule has 1 fully saturated rings. The molecule has 0 aromatic rings. The molecule has 1 amide bonds. The Labute approximate surface area is 77.9 Å². The average Bonchev–Trinajstić information content (AvgIpc) is 2.05. The van der Waals surface area contributed by atoms with Gasteiger partial charge in [0.25, 0.3) is 0 Å². The highest BCUT2D eigenvalue weighted by molar-refractivity contribution is 5.73. The van der Waals surface area contributed by atoms with Crippen LogP contribution in [0, 0.1) is 0 Å². The first-order valence-corrected chi connectivity index (χ1v) is 4.51. The van der Waals surface area contributed by atoms with E-state index in [4.69, 9.17) is 4.74 Å². The van der Waals surface area contributed by atoms with Crippen molar-refractivity contribution in [3.05, 3.63) is 0 Å². The van der Waals surface area contributed by atoms with Gasteiger partial charge in [-0.25, -0.2) is 4.39 Å². The van der Waals surface area contributed by atoms with Gasteiger partial charge in [0, 0.05) is 40.0 Å². The van der Waals surface area contributed by atoms with Crippen molar-refractivity contribution in [2.75, 3.05) is 26.8 Å². The summed E-state index contributed by atoms with van der Waals surface area (Å²) < 4.78 is 18.5. The van der Waals surface area contributed by atoms with E-state index in [1.165, 1.54) is 14.0 Å². The number of carbonyl (C=O) groups excluding carboxylic acids is 1. The van der Waals surface area contributed by atoms with E-state index in [-0.39, 0.29) is 12.5 Å². The van der Waals surface area contributed by atoms with Gasteiger partial charge in [0.2, 0.25) is 5.91 Å². The van der Waals surface area contributed by atoms with Crippen molar-refractivity contribution < 1.29 is 13.9 Å². The quantitative estimate of drug-likeness (QED) is 0.648. The van der Waals surface area contributed by atoms with Crippen molar-refractivity contribution in [3.63, 3.8) is 0 Å². The smallest absolute Gasteiger partial charge is 0.219 e. The predicted octanol–water partition coefficient (Wildman–Crippen LogP) is 0.983. The van der Waals surface area contributed by atoms with E-state index in [0.717, 1.165) is 0 Å². The van der Waals surface area contributed by atoms with E-state index in [1.54, 1.807) is 4.90 Å². The molecule has 0 aromatic carbocycles. The third kappa shape index (κ3) is 2.66. The molecule has 0 atom stereocenters. The van der Waals surface area contributed by atoms with E-state index >= 15 is 0 Å². The van der Waals surface area contributed by atoms with E-state index in [9.17, 15) is 9.18 Å². The van der Waals surface area contributed by atoms with Crippen LogP contribution in [-0.2, 0) is 9.53 Å². The van der Waals surface area contributed by atoms with Crippen molar-refractivity contribution in [3.8, 4) is 0 Å². The molecule has 1 rings (SSSR count). The second-order valence-electron chi connectivity index (χ2n) is 3.59. The summed E-state index contributed by atoms with van der Waals surface area (Å²) in [5.74, 6) is 0.0273. The minimum atomic E-state index is -1.22. The van der Waals surface area contributed by atoms with Gasteiger partial charge in [0.15, 0.2) is 0 Å². The first kappa shape index (κ1) is 10.4. The fourth-order valence-corrected chi connectivity index (χ4v) is 1.63. The second kappa shape index (κ2) is 4.05. The van der Waals surface area contributed by atoms with Gasteiger partial charge < -0.3 is 9.64 Å². The van der Waals surface area contributed by atoms with Gasteiger partial charge >= 0.3 is 0 Å². The summed E-state index contributed by atoms with van der Waals surface area (Å²) >= 11 is 0. The molecule has 3 nitrogen and oxygen atoms in total. The van der Waals surface area contributed by atoms with Crippen molar-refractivity contribution in [2.24, 2.45) is 0 Å². The molecular weight excluding hydrogens is 173 g/mol. The van der Waals surface area contributed by atoms with Crippen molar-refractivity contribution in [1.29, 1.82) is 0 Å². The molecule has 76 valence electrons. The van der Waals surface area contributed by atoms with Gasteiger partial charge in [-0.05, 0) is 0 Å². The number of methoxy groups -OCH3 is 1. The summed E-state index contributed by atoms with van der Waals surface area (Å²) in [5.41, 5.74) is -1.22. The lowest BCUT2D eigenvalue weighted by atomic mass is 9.94. The Bertz CT molecular complexity index is 188. The van der Waals surface area contributed by atoms with Crippen LogP contribution in [-0.4, -0.2) is 43.3 Å². The summed E-state index contributed by atoms with van der Waals surface area (Å²) in [6.45, 7) is 2.67. The van der Waals surface area contributed by atoms with Crippen LogP contribution in [0.3, 0.4) is 0 Å². The fourth-order valence-electron chi connectivity index (χ4n) is 1.63. The lowest BCUT2D eigenvalue weighted by Crippen LogP contribution is -2.45. The number of hydrogen-bond donors (Lipinski definition) is 0. The number of amides is 1. The molecule has 1 heterocycles. The molecule has 1 saturated heterocycles. The highest BCUT2D eigenvalue weighted by Gasteiger charge is 2.35. The summed E-state index contributed by atoms with van der Waals surface area (Å²) in [6, 6.07) is 0. The number of alkyl halides is 1. The van der Waals surface area contributed by atoms with Crippen molar-refractivity contribution >= 4 is 5.91 Å². The SMILES string of the molecule is COCC1(F)CCN(C(C)=O)CC1. The van der Waals surface area contributed by atoms with Gasteiger partial charge in [-0.3, -0.25) is 4.79 Å². The lowest BCUT2D eigenvalue weighted by Gasteiger charge is -2.35. The third-order valence-electron chi connectivity index (χ3n) is 2.51. The Morgan fingerprint density at radius 3 is 2.46 bits per heavy atom. The number of ether oxygens (including phenoxy) is 1. The van der Waals surface area contributed by atoms with E-state index < -0.39 is 5.67 Å². The summed E-state index contributed by atoms with van der Waals surface area (Å²) in [5, 5.41) is 0. The molecule has 0 saturated carbocycles. The second-order valence-corrected chi connectivity index (χ2v) is 3.59. The number of halogens is 1.